The van der Waals surface area contributed by atoms with Crippen molar-refractivity contribution in [3.8, 4) is 0 Å². The normalized spacial score (nSPS) is 21.0. The van der Waals surface area contributed by atoms with E-state index < -0.39 is 34.5 Å². The van der Waals surface area contributed by atoms with Crippen LogP contribution in [0.5, 0.6) is 0 Å². The number of nitrogens with zero attached hydrogens (tertiary/aromatic N) is 1. The van der Waals surface area contributed by atoms with E-state index in [4.69, 9.17) is 4.74 Å². The largest absolute Gasteiger partial charge is 0.372 e. The summed E-state index contributed by atoms with van der Waals surface area (Å²) < 4.78 is 63.3. The molecule has 1 heterocycles. The van der Waals surface area contributed by atoms with E-state index in [1.807, 2.05) is 0 Å². The average Bonchev–Trinajstić information content (AvgIpc) is 2.55. The number of rotatable bonds is 7. The van der Waals surface area contributed by atoms with E-state index in [2.05, 4.69) is 6.92 Å². The molecule has 0 amide bonds. The minimum atomic E-state index is -1.30. The van der Waals surface area contributed by atoms with Crippen molar-refractivity contribution in [2.45, 2.75) is 71.5 Å². The summed E-state index contributed by atoms with van der Waals surface area (Å²) in [5.74, 6) is -5.14. The highest BCUT2D eigenvalue weighted by atomic mass is 19.2. The van der Waals surface area contributed by atoms with Gasteiger partial charge in [-0.05, 0) is 26.7 Å². The van der Waals surface area contributed by atoms with Gasteiger partial charge >= 0.3 is 0 Å². The van der Waals surface area contributed by atoms with Crippen molar-refractivity contribution in [2.75, 3.05) is 18.0 Å². The van der Waals surface area contributed by atoms with Crippen molar-refractivity contribution in [3.63, 3.8) is 0 Å². The Morgan fingerprint density at radius 1 is 0.840 bits per heavy atom. The maximum atomic E-state index is 14.5. The van der Waals surface area contributed by atoms with E-state index in [0.29, 0.717) is 6.42 Å². The first-order valence-electron chi connectivity index (χ1n) is 9.12. The number of ether oxygens (including phenoxy) is 1. The van der Waals surface area contributed by atoms with Gasteiger partial charge in [0.05, 0.1) is 12.2 Å². The molecule has 0 radical (unpaired) electrons. The molecule has 0 bridgehead atoms. The summed E-state index contributed by atoms with van der Waals surface area (Å²) in [5, 5.41) is 0. The lowest BCUT2D eigenvalue weighted by molar-refractivity contribution is -0.00566. The maximum Gasteiger partial charge on any atom is 0.185 e. The first kappa shape index (κ1) is 20.0. The number of hydrogen-bond donors (Lipinski definition) is 0. The molecule has 1 aromatic carbocycles. The first-order chi connectivity index (χ1) is 11.9. The lowest BCUT2D eigenvalue weighted by atomic mass is 10.0. The van der Waals surface area contributed by atoms with Crippen LogP contribution in [-0.2, 0) is 11.2 Å². The molecular weight excluding hydrogens is 334 g/mol. The molecule has 2 atom stereocenters. The van der Waals surface area contributed by atoms with Crippen LogP contribution in [0.15, 0.2) is 0 Å². The molecule has 0 aliphatic carbocycles. The smallest absolute Gasteiger partial charge is 0.185 e. The zero-order chi connectivity index (χ0) is 18.6. The summed E-state index contributed by atoms with van der Waals surface area (Å²) in [6, 6.07) is 0. The minimum Gasteiger partial charge on any atom is -0.372 e. The Balaban J connectivity index is 2.23. The van der Waals surface area contributed by atoms with Crippen LogP contribution in [0.25, 0.3) is 0 Å². The van der Waals surface area contributed by atoms with Crippen LogP contribution in [-0.4, -0.2) is 25.3 Å². The van der Waals surface area contributed by atoms with Gasteiger partial charge in [0.25, 0.3) is 0 Å². The Labute approximate surface area is 147 Å². The summed E-state index contributed by atoms with van der Waals surface area (Å²) >= 11 is 0. The maximum absolute atomic E-state index is 14.5. The van der Waals surface area contributed by atoms with Gasteiger partial charge in [0.2, 0.25) is 0 Å². The van der Waals surface area contributed by atoms with Gasteiger partial charge in [-0.1, -0.05) is 32.6 Å². The lowest BCUT2D eigenvalue weighted by Crippen LogP contribution is -2.46. The molecule has 0 unspecified atom stereocenters. The van der Waals surface area contributed by atoms with Crippen LogP contribution < -0.4 is 4.90 Å². The highest BCUT2D eigenvalue weighted by Gasteiger charge is 2.32. The van der Waals surface area contributed by atoms with Crippen molar-refractivity contribution >= 4 is 5.69 Å². The molecule has 25 heavy (non-hydrogen) atoms. The molecule has 1 aromatic rings. The number of morpholine rings is 1. The van der Waals surface area contributed by atoms with Gasteiger partial charge in [-0.2, -0.15) is 0 Å². The molecule has 0 aromatic heterocycles. The third-order valence-corrected chi connectivity index (χ3v) is 4.60. The van der Waals surface area contributed by atoms with E-state index in [1.165, 1.54) is 4.90 Å². The molecule has 0 spiro atoms. The Kier molecular flexibility index (Phi) is 7.11. The van der Waals surface area contributed by atoms with E-state index in [9.17, 15) is 17.6 Å². The quantitative estimate of drug-likeness (QED) is 0.368. The SMILES string of the molecule is CCCCCCCc1c(F)c(F)c(N2C[C@@H](C)O[C@@H](C)C2)c(F)c1F. The second-order valence-corrected chi connectivity index (χ2v) is 6.91. The van der Waals surface area contributed by atoms with Crippen molar-refractivity contribution in [2.24, 2.45) is 0 Å². The van der Waals surface area contributed by atoms with Gasteiger partial charge in [-0.25, -0.2) is 17.6 Å². The van der Waals surface area contributed by atoms with Crippen molar-refractivity contribution in [1.82, 2.24) is 0 Å². The molecule has 2 nitrogen and oxygen atoms in total. The van der Waals surface area contributed by atoms with Crippen molar-refractivity contribution in [1.29, 1.82) is 0 Å². The van der Waals surface area contributed by atoms with Crippen LogP contribution in [0, 0.1) is 23.3 Å². The first-order valence-corrected chi connectivity index (χ1v) is 9.12. The molecule has 1 fully saturated rings. The highest BCUT2D eigenvalue weighted by Crippen LogP contribution is 2.33. The number of unbranched alkanes of at least 4 members (excludes halogenated alkanes) is 4. The van der Waals surface area contributed by atoms with Crippen LogP contribution in [0.1, 0.15) is 58.4 Å². The molecule has 1 saturated heterocycles. The van der Waals surface area contributed by atoms with Crippen LogP contribution in [0.4, 0.5) is 23.2 Å². The number of halogens is 4. The van der Waals surface area contributed by atoms with Gasteiger partial charge in [0.1, 0.15) is 5.69 Å². The fourth-order valence-electron chi connectivity index (χ4n) is 3.43. The second kappa shape index (κ2) is 8.88. The number of hydrogen-bond acceptors (Lipinski definition) is 2. The van der Waals surface area contributed by atoms with Crippen molar-refractivity contribution in [3.05, 3.63) is 28.8 Å². The van der Waals surface area contributed by atoms with Gasteiger partial charge in [-0.15, -0.1) is 0 Å². The Morgan fingerprint density at radius 2 is 1.36 bits per heavy atom. The summed E-state index contributed by atoms with van der Waals surface area (Å²) in [7, 11) is 0. The molecule has 142 valence electrons. The molecular formula is C19H27F4NO. The summed E-state index contributed by atoms with van der Waals surface area (Å²) in [5.41, 5.74) is -1.10. The van der Waals surface area contributed by atoms with Gasteiger partial charge < -0.3 is 9.64 Å². The lowest BCUT2D eigenvalue weighted by Gasteiger charge is -2.37. The van der Waals surface area contributed by atoms with E-state index in [1.54, 1.807) is 13.8 Å². The molecule has 1 aliphatic rings. The fourth-order valence-corrected chi connectivity index (χ4v) is 3.43. The third kappa shape index (κ3) is 4.66. The third-order valence-electron chi connectivity index (χ3n) is 4.60. The van der Waals surface area contributed by atoms with Gasteiger partial charge in [0, 0.05) is 18.7 Å². The molecule has 2 rings (SSSR count). The van der Waals surface area contributed by atoms with Gasteiger partial charge in [-0.3, -0.25) is 0 Å². The molecule has 0 N–H and O–H groups in total. The number of anilines is 1. The highest BCUT2D eigenvalue weighted by molar-refractivity contribution is 5.52. The van der Waals surface area contributed by atoms with Crippen LogP contribution >= 0.6 is 0 Å². The summed E-state index contributed by atoms with van der Waals surface area (Å²) in [6.45, 7) is 5.96. The van der Waals surface area contributed by atoms with E-state index >= 15 is 0 Å². The summed E-state index contributed by atoms with van der Waals surface area (Å²) in [6.07, 6.45) is 3.81. The predicted octanol–water partition coefficient (Wildman–Crippen LogP) is 5.37. The Bertz CT molecular complexity index is 554. The summed E-state index contributed by atoms with van der Waals surface area (Å²) in [4.78, 5) is 1.33. The van der Waals surface area contributed by atoms with Crippen molar-refractivity contribution < 1.29 is 22.3 Å². The molecule has 1 aliphatic heterocycles. The standard InChI is InChI=1S/C19H27F4NO/c1-4-5-6-7-8-9-14-15(20)17(22)19(18(23)16(14)21)24-10-12(2)25-13(3)11-24/h12-13H,4-11H2,1-3H3/t12-,13+. The van der Waals surface area contributed by atoms with Crippen LogP contribution in [0.3, 0.4) is 0 Å². The van der Waals surface area contributed by atoms with E-state index in [0.717, 1.165) is 25.7 Å². The minimum absolute atomic E-state index is 0.00537. The topological polar surface area (TPSA) is 12.5 Å². The monoisotopic (exact) mass is 361 g/mol. The Morgan fingerprint density at radius 3 is 1.88 bits per heavy atom. The second-order valence-electron chi connectivity index (χ2n) is 6.91. The van der Waals surface area contributed by atoms with Gasteiger partial charge in [0.15, 0.2) is 23.3 Å². The zero-order valence-corrected chi connectivity index (χ0v) is 15.2. The van der Waals surface area contributed by atoms with Crippen LogP contribution in [0.2, 0.25) is 0 Å². The molecule has 0 saturated carbocycles. The fraction of sp³-hybridized carbons (Fsp3) is 0.684. The molecule has 6 heteroatoms. The Hall–Kier alpha value is -1.30. The predicted molar refractivity (Wildman–Crippen MR) is 91.0 cm³/mol. The number of benzene rings is 1. The van der Waals surface area contributed by atoms with E-state index in [-0.39, 0.29) is 31.7 Å². The zero-order valence-electron chi connectivity index (χ0n) is 15.2. The average molecular weight is 361 g/mol.